The van der Waals surface area contributed by atoms with Gasteiger partial charge in [-0.2, -0.15) is 0 Å². The van der Waals surface area contributed by atoms with Gasteiger partial charge in [-0.1, -0.05) is 23.7 Å². The number of aromatic nitrogens is 2. The maximum Gasteiger partial charge on any atom is 0.257 e. The van der Waals surface area contributed by atoms with Crippen LogP contribution < -0.4 is 5.32 Å². The molecule has 0 bridgehead atoms. The number of imidazole rings is 1. The molecule has 134 valence electrons. The van der Waals surface area contributed by atoms with Crippen LogP contribution in [-0.2, 0) is 0 Å². The summed E-state index contributed by atoms with van der Waals surface area (Å²) in [6, 6.07) is 11.9. The van der Waals surface area contributed by atoms with Gasteiger partial charge in [0, 0.05) is 40.9 Å². The summed E-state index contributed by atoms with van der Waals surface area (Å²) < 4.78 is 0. The van der Waals surface area contributed by atoms with Gasteiger partial charge in [-0.05, 0) is 36.4 Å². The highest BCUT2D eigenvalue weighted by Gasteiger charge is 2.17. The molecule has 3 aromatic rings. The molecule has 0 aliphatic carbocycles. The van der Waals surface area contributed by atoms with Crippen LogP contribution in [0, 0.1) is 0 Å². The molecule has 0 saturated heterocycles. The summed E-state index contributed by atoms with van der Waals surface area (Å²) in [4.78, 5) is 36.6. The first-order valence-electron chi connectivity index (χ1n) is 8.39. The van der Waals surface area contributed by atoms with Crippen molar-refractivity contribution in [1.82, 2.24) is 9.97 Å². The van der Waals surface area contributed by atoms with E-state index in [4.69, 9.17) is 11.6 Å². The van der Waals surface area contributed by atoms with E-state index < -0.39 is 0 Å². The number of aliphatic imine (C=N–C) groups is 1. The molecule has 2 aromatic carbocycles. The van der Waals surface area contributed by atoms with Crippen molar-refractivity contribution in [2.45, 2.75) is 12.8 Å². The van der Waals surface area contributed by atoms with Gasteiger partial charge in [0.05, 0.1) is 5.52 Å². The number of Topliss-reactive ketones (excluding diaryl/α,β-unsaturated/α-hetero) is 1. The summed E-state index contributed by atoms with van der Waals surface area (Å²) in [5.74, 6) is -0.0832. The normalized spacial score (nSPS) is 13.0. The van der Waals surface area contributed by atoms with E-state index in [1.54, 1.807) is 42.6 Å². The van der Waals surface area contributed by atoms with Crippen molar-refractivity contribution in [3.05, 3.63) is 70.9 Å². The molecule has 0 radical (unpaired) electrons. The van der Waals surface area contributed by atoms with Crippen LogP contribution in [0.4, 0.5) is 5.95 Å². The van der Waals surface area contributed by atoms with E-state index in [0.717, 1.165) is 5.71 Å². The van der Waals surface area contributed by atoms with Gasteiger partial charge in [-0.15, -0.1) is 0 Å². The van der Waals surface area contributed by atoms with Crippen molar-refractivity contribution in [2.75, 3.05) is 5.32 Å². The van der Waals surface area contributed by atoms with Gasteiger partial charge >= 0.3 is 0 Å². The van der Waals surface area contributed by atoms with Crippen molar-refractivity contribution < 1.29 is 9.59 Å². The fourth-order valence-electron chi connectivity index (χ4n) is 2.90. The summed E-state index contributed by atoms with van der Waals surface area (Å²) in [5, 5.41) is 3.27. The van der Waals surface area contributed by atoms with E-state index >= 15 is 0 Å². The lowest BCUT2D eigenvalue weighted by Gasteiger charge is -2.02. The van der Waals surface area contributed by atoms with Crippen molar-refractivity contribution in [3.8, 4) is 0 Å². The van der Waals surface area contributed by atoms with Crippen LogP contribution in [0.15, 0.2) is 59.7 Å². The van der Waals surface area contributed by atoms with Crippen molar-refractivity contribution >= 4 is 46.0 Å². The van der Waals surface area contributed by atoms with Crippen LogP contribution >= 0.6 is 11.6 Å². The fraction of sp³-hybridized carbons (Fsp3) is 0.100. The molecule has 1 aliphatic heterocycles. The van der Waals surface area contributed by atoms with Gasteiger partial charge in [0.1, 0.15) is 5.52 Å². The van der Waals surface area contributed by atoms with Crippen LogP contribution in [0.5, 0.6) is 0 Å². The van der Waals surface area contributed by atoms with E-state index in [9.17, 15) is 9.59 Å². The Kier molecular flexibility index (Phi) is 4.56. The molecule has 27 heavy (non-hydrogen) atoms. The quantitative estimate of drug-likeness (QED) is 0.645. The summed E-state index contributed by atoms with van der Waals surface area (Å²) >= 11 is 5.84. The lowest BCUT2D eigenvalue weighted by atomic mass is 10.0. The molecule has 4 rings (SSSR count). The number of carbonyl (C=O) groups is 2. The number of allylic oxidation sites excluding steroid dienone is 1. The minimum absolute atomic E-state index is 0.0508. The minimum atomic E-state index is -0.315. The van der Waals surface area contributed by atoms with Crippen LogP contribution in [0.2, 0.25) is 5.02 Å². The average Bonchev–Trinajstić information content (AvgIpc) is 3.30. The Balaban J connectivity index is 1.57. The largest absolute Gasteiger partial charge is 0.324 e. The molecule has 7 heteroatoms. The van der Waals surface area contributed by atoms with Crippen LogP contribution in [0.1, 0.15) is 33.6 Å². The van der Waals surface area contributed by atoms with Crippen molar-refractivity contribution in [2.24, 2.45) is 4.99 Å². The maximum absolute atomic E-state index is 12.6. The molecule has 0 spiro atoms. The number of amides is 1. The Labute approximate surface area is 160 Å². The number of nitrogens with zero attached hydrogens (tertiary/aromatic N) is 2. The molecule has 0 unspecified atom stereocenters. The number of fused-ring (bicyclic) bond motifs is 1. The molecular formula is C20H15ClN4O2. The second-order valence-electron chi connectivity index (χ2n) is 6.13. The zero-order chi connectivity index (χ0) is 18.8. The molecule has 1 aromatic heterocycles. The highest BCUT2D eigenvalue weighted by atomic mass is 35.5. The summed E-state index contributed by atoms with van der Waals surface area (Å²) in [7, 11) is 0. The van der Waals surface area contributed by atoms with Crippen molar-refractivity contribution in [3.63, 3.8) is 0 Å². The number of hydrogen-bond donors (Lipinski definition) is 2. The Morgan fingerprint density at radius 2 is 1.96 bits per heavy atom. The standard InChI is InChI=1S/C20H15ClN4O2/c21-13-8-6-12(7-9-13)19(27)25-20-23-16-5-1-4-15(18(16)24-20)17(26)11-14-3-2-10-22-14/h1-2,4-10H,3,11H2,(H2,23,24,25,27). The number of halogens is 1. The smallest absolute Gasteiger partial charge is 0.257 e. The fourth-order valence-corrected chi connectivity index (χ4v) is 3.02. The number of nitrogens with one attached hydrogen (secondary N) is 2. The van der Waals surface area contributed by atoms with Gasteiger partial charge in [-0.3, -0.25) is 19.9 Å². The highest BCUT2D eigenvalue weighted by molar-refractivity contribution is 6.30. The Bertz CT molecular complexity index is 1100. The summed E-state index contributed by atoms with van der Waals surface area (Å²) in [5.41, 5.74) is 3.01. The number of aromatic amines is 1. The monoisotopic (exact) mass is 378 g/mol. The first kappa shape index (κ1) is 17.2. The number of anilines is 1. The predicted molar refractivity (Wildman–Crippen MR) is 106 cm³/mol. The Hall–Kier alpha value is -3.25. The number of H-pyrrole nitrogens is 1. The first-order valence-corrected chi connectivity index (χ1v) is 8.77. The van der Waals surface area contributed by atoms with Crippen LogP contribution in [0.25, 0.3) is 11.0 Å². The van der Waals surface area contributed by atoms with E-state index in [0.29, 0.717) is 33.6 Å². The molecule has 0 atom stereocenters. The van der Waals surface area contributed by atoms with Gasteiger partial charge in [0.15, 0.2) is 5.78 Å². The third kappa shape index (κ3) is 3.66. The molecule has 6 nitrogen and oxygen atoms in total. The molecular weight excluding hydrogens is 364 g/mol. The second-order valence-corrected chi connectivity index (χ2v) is 6.57. The molecule has 2 heterocycles. The molecule has 1 amide bonds. The van der Waals surface area contributed by atoms with Crippen LogP contribution in [-0.4, -0.2) is 27.4 Å². The first-order chi connectivity index (χ1) is 13.1. The van der Waals surface area contributed by atoms with E-state index in [1.807, 2.05) is 12.1 Å². The van der Waals surface area contributed by atoms with Crippen LogP contribution in [0.3, 0.4) is 0 Å². The number of rotatable bonds is 5. The zero-order valence-corrected chi connectivity index (χ0v) is 15.0. The van der Waals surface area contributed by atoms with Gasteiger partial charge in [-0.25, -0.2) is 4.98 Å². The average molecular weight is 379 g/mol. The SMILES string of the molecule is O=C(Nc1nc2c(C(=O)CC3=NC=CC3)cccc2[nH]1)c1ccc(Cl)cc1. The number of ketones is 1. The van der Waals surface area contributed by atoms with Gasteiger partial charge in [0.2, 0.25) is 5.95 Å². The molecule has 0 saturated carbocycles. The number of benzene rings is 2. The Morgan fingerprint density at radius 1 is 1.15 bits per heavy atom. The number of carbonyl (C=O) groups excluding carboxylic acids is 2. The maximum atomic E-state index is 12.6. The lowest BCUT2D eigenvalue weighted by Crippen LogP contribution is -2.12. The number of hydrogen-bond acceptors (Lipinski definition) is 4. The second kappa shape index (κ2) is 7.17. The lowest BCUT2D eigenvalue weighted by molar-refractivity contribution is 0.0999. The Morgan fingerprint density at radius 3 is 2.70 bits per heavy atom. The third-order valence-electron chi connectivity index (χ3n) is 4.23. The van der Waals surface area contributed by atoms with Gasteiger partial charge < -0.3 is 4.98 Å². The zero-order valence-electron chi connectivity index (χ0n) is 14.2. The van der Waals surface area contributed by atoms with E-state index in [2.05, 4.69) is 20.3 Å². The predicted octanol–water partition coefficient (Wildman–Crippen LogP) is 4.40. The number of para-hydroxylation sites is 1. The molecule has 1 aliphatic rings. The van der Waals surface area contributed by atoms with Gasteiger partial charge in [0.25, 0.3) is 5.91 Å². The summed E-state index contributed by atoms with van der Waals surface area (Å²) in [6.45, 7) is 0. The molecule has 2 N–H and O–H groups in total. The van der Waals surface area contributed by atoms with E-state index in [-0.39, 0.29) is 24.1 Å². The summed E-state index contributed by atoms with van der Waals surface area (Å²) in [6.07, 6.45) is 4.58. The third-order valence-corrected chi connectivity index (χ3v) is 4.48. The topological polar surface area (TPSA) is 87.2 Å². The van der Waals surface area contributed by atoms with Crippen molar-refractivity contribution in [1.29, 1.82) is 0 Å². The molecule has 0 fully saturated rings. The highest BCUT2D eigenvalue weighted by Crippen LogP contribution is 2.21. The van der Waals surface area contributed by atoms with E-state index in [1.165, 1.54) is 0 Å². The minimum Gasteiger partial charge on any atom is -0.324 e.